The Morgan fingerprint density at radius 2 is 2.14 bits per heavy atom. The molecule has 1 aliphatic heterocycles. The Labute approximate surface area is 92.6 Å². The summed E-state index contributed by atoms with van der Waals surface area (Å²) in [5.41, 5.74) is 2.42. The van der Waals surface area contributed by atoms with Crippen LogP contribution in [0.3, 0.4) is 0 Å². The minimum Gasteiger partial charge on any atom is -0.375 e. The van der Waals surface area contributed by atoms with E-state index in [2.05, 4.69) is 41.8 Å². The molecule has 0 aromatic carbocycles. The van der Waals surface area contributed by atoms with Gasteiger partial charge in [0.15, 0.2) is 0 Å². The van der Waals surface area contributed by atoms with Crippen LogP contribution in [0.25, 0.3) is 0 Å². The number of rotatable bonds is 0. The molecule has 1 aromatic rings. The molecule has 4 heteroatoms. The summed E-state index contributed by atoms with van der Waals surface area (Å²) >= 11 is 3.62. The zero-order chi connectivity index (χ0) is 10.3. The van der Waals surface area contributed by atoms with E-state index in [4.69, 9.17) is 4.74 Å². The molecule has 0 radical (unpaired) electrons. The zero-order valence-electron chi connectivity index (χ0n) is 8.80. The van der Waals surface area contributed by atoms with Crippen LogP contribution in [0.4, 0.5) is 0 Å². The Morgan fingerprint density at radius 3 is 2.71 bits per heavy atom. The lowest BCUT2D eigenvalue weighted by Gasteiger charge is -2.20. The third-order valence-corrected chi connectivity index (χ3v) is 3.19. The molecule has 0 saturated carbocycles. The molecule has 0 N–H and O–H groups in total. The molecule has 14 heavy (non-hydrogen) atoms. The van der Waals surface area contributed by atoms with Gasteiger partial charge in [0.05, 0.1) is 24.4 Å². The Morgan fingerprint density at radius 1 is 1.43 bits per heavy atom. The number of halogens is 1. The number of aromatic nitrogens is 2. The monoisotopic (exact) mass is 258 g/mol. The van der Waals surface area contributed by atoms with Crippen molar-refractivity contribution < 1.29 is 4.74 Å². The Bertz CT molecular complexity index is 352. The maximum Gasteiger partial charge on any atom is 0.108 e. The first kappa shape index (κ1) is 10.2. The van der Waals surface area contributed by atoms with Gasteiger partial charge in [-0.2, -0.15) is 5.10 Å². The predicted molar refractivity (Wildman–Crippen MR) is 58.3 cm³/mol. The normalized spacial score (nSPS) is 16.9. The summed E-state index contributed by atoms with van der Waals surface area (Å²) in [6, 6.07) is 0. The number of ether oxygens (including phenoxy) is 1. The van der Waals surface area contributed by atoms with E-state index in [0.717, 1.165) is 23.3 Å². The largest absolute Gasteiger partial charge is 0.375 e. The molecule has 1 aliphatic rings. The molecule has 0 spiro atoms. The quantitative estimate of drug-likeness (QED) is 0.715. The van der Waals surface area contributed by atoms with E-state index in [1.807, 2.05) is 4.68 Å². The van der Waals surface area contributed by atoms with Gasteiger partial charge < -0.3 is 4.74 Å². The highest BCUT2D eigenvalue weighted by molar-refractivity contribution is 9.10. The van der Waals surface area contributed by atoms with E-state index in [9.17, 15) is 0 Å². The summed E-state index contributed by atoms with van der Waals surface area (Å²) in [6.45, 7) is 7.91. The second-order valence-corrected chi connectivity index (χ2v) is 5.35. The van der Waals surface area contributed by atoms with Gasteiger partial charge in [-0.25, -0.2) is 0 Å². The standard InChI is InChI=1S/C10H15BrN2O/c1-10(2,3)13-9(11)7-4-5-14-6-8(7)12-13/h4-6H2,1-3H3. The second-order valence-electron chi connectivity index (χ2n) is 4.60. The van der Waals surface area contributed by atoms with Crippen LogP contribution in [0, 0.1) is 0 Å². The Hall–Kier alpha value is -0.350. The summed E-state index contributed by atoms with van der Waals surface area (Å²) in [7, 11) is 0. The summed E-state index contributed by atoms with van der Waals surface area (Å²) < 4.78 is 8.53. The highest BCUT2D eigenvalue weighted by Crippen LogP contribution is 2.29. The van der Waals surface area contributed by atoms with Gasteiger partial charge in [0, 0.05) is 12.0 Å². The first-order valence-corrected chi connectivity index (χ1v) is 5.64. The van der Waals surface area contributed by atoms with Gasteiger partial charge in [-0.3, -0.25) is 4.68 Å². The molecule has 0 fully saturated rings. The topological polar surface area (TPSA) is 27.1 Å². The maximum absolute atomic E-state index is 5.38. The van der Waals surface area contributed by atoms with Crippen molar-refractivity contribution in [3.8, 4) is 0 Å². The summed E-state index contributed by atoms with van der Waals surface area (Å²) in [4.78, 5) is 0. The van der Waals surface area contributed by atoms with Crippen LogP contribution in [-0.4, -0.2) is 16.4 Å². The van der Waals surface area contributed by atoms with Crippen molar-refractivity contribution in [1.82, 2.24) is 9.78 Å². The van der Waals surface area contributed by atoms with Crippen molar-refractivity contribution in [1.29, 1.82) is 0 Å². The van der Waals surface area contributed by atoms with Crippen molar-refractivity contribution in [2.24, 2.45) is 0 Å². The molecule has 78 valence electrons. The third-order valence-electron chi connectivity index (χ3n) is 2.37. The van der Waals surface area contributed by atoms with Gasteiger partial charge in [0.2, 0.25) is 0 Å². The van der Waals surface area contributed by atoms with Crippen LogP contribution < -0.4 is 0 Å². The first-order valence-electron chi connectivity index (χ1n) is 4.84. The fraction of sp³-hybridized carbons (Fsp3) is 0.700. The molecule has 2 heterocycles. The van der Waals surface area contributed by atoms with E-state index in [0.29, 0.717) is 6.61 Å². The van der Waals surface area contributed by atoms with E-state index >= 15 is 0 Å². The molecule has 0 amide bonds. The number of fused-ring (bicyclic) bond motifs is 1. The van der Waals surface area contributed by atoms with Crippen LogP contribution in [-0.2, 0) is 23.3 Å². The van der Waals surface area contributed by atoms with Crippen LogP contribution >= 0.6 is 15.9 Å². The molecule has 3 nitrogen and oxygen atoms in total. The highest BCUT2D eigenvalue weighted by Gasteiger charge is 2.24. The lowest BCUT2D eigenvalue weighted by atomic mass is 10.1. The molecule has 0 bridgehead atoms. The van der Waals surface area contributed by atoms with Gasteiger partial charge in [-0.1, -0.05) is 0 Å². The lowest BCUT2D eigenvalue weighted by Crippen LogP contribution is -2.23. The van der Waals surface area contributed by atoms with E-state index in [-0.39, 0.29) is 5.54 Å². The highest BCUT2D eigenvalue weighted by atomic mass is 79.9. The minimum absolute atomic E-state index is 0.0240. The van der Waals surface area contributed by atoms with Crippen LogP contribution in [0.5, 0.6) is 0 Å². The number of hydrogen-bond donors (Lipinski definition) is 0. The number of hydrogen-bond acceptors (Lipinski definition) is 2. The minimum atomic E-state index is 0.0240. The van der Waals surface area contributed by atoms with Crippen molar-refractivity contribution in [3.63, 3.8) is 0 Å². The Kier molecular flexibility index (Phi) is 2.43. The van der Waals surface area contributed by atoms with Crippen LogP contribution in [0.2, 0.25) is 0 Å². The smallest absolute Gasteiger partial charge is 0.108 e. The molecule has 0 saturated heterocycles. The molecular formula is C10H15BrN2O. The number of nitrogens with zero attached hydrogens (tertiary/aromatic N) is 2. The second kappa shape index (κ2) is 3.35. The summed E-state index contributed by atoms with van der Waals surface area (Å²) in [5.74, 6) is 0. The maximum atomic E-state index is 5.38. The zero-order valence-corrected chi connectivity index (χ0v) is 10.4. The summed E-state index contributed by atoms with van der Waals surface area (Å²) in [6.07, 6.45) is 0.964. The predicted octanol–water partition coefficient (Wildman–Crippen LogP) is 2.47. The first-order chi connectivity index (χ1) is 6.50. The van der Waals surface area contributed by atoms with Crippen LogP contribution in [0.1, 0.15) is 32.0 Å². The molecule has 0 atom stereocenters. The van der Waals surface area contributed by atoms with Crippen molar-refractivity contribution in [2.45, 2.75) is 39.3 Å². The van der Waals surface area contributed by atoms with Gasteiger partial charge >= 0.3 is 0 Å². The van der Waals surface area contributed by atoms with Crippen molar-refractivity contribution >= 4 is 15.9 Å². The molecule has 0 aliphatic carbocycles. The average molecular weight is 259 g/mol. The summed E-state index contributed by atoms with van der Waals surface area (Å²) in [5, 5.41) is 4.57. The molecule has 1 aromatic heterocycles. The van der Waals surface area contributed by atoms with Crippen LogP contribution in [0.15, 0.2) is 4.60 Å². The fourth-order valence-electron chi connectivity index (χ4n) is 1.62. The molecule has 2 rings (SSSR count). The van der Waals surface area contributed by atoms with E-state index in [1.54, 1.807) is 0 Å². The fourth-order valence-corrected chi connectivity index (χ4v) is 2.66. The van der Waals surface area contributed by atoms with Gasteiger partial charge in [-0.05, 0) is 36.7 Å². The SMILES string of the molecule is CC(C)(C)n1nc2c(c1Br)CCOC2. The molecule has 0 unspecified atom stereocenters. The van der Waals surface area contributed by atoms with Gasteiger partial charge in [0.25, 0.3) is 0 Å². The van der Waals surface area contributed by atoms with E-state index < -0.39 is 0 Å². The van der Waals surface area contributed by atoms with Gasteiger partial charge in [-0.15, -0.1) is 0 Å². The Balaban J connectivity index is 2.49. The van der Waals surface area contributed by atoms with Crippen molar-refractivity contribution in [2.75, 3.05) is 6.61 Å². The van der Waals surface area contributed by atoms with Crippen molar-refractivity contribution in [3.05, 3.63) is 15.9 Å². The van der Waals surface area contributed by atoms with Gasteiger partial charge in [0.1, 0.15) is 4.60 Å². The third kappa shape index (κ3) is 1.61. The molecular weight excluding hydrogens is 244 g/mol. The van der Waals surface area contributed by atoms with E-state index in [1.165, 1.54) is 5.56 Å². The lowest BCUT2D eigenvalue weighted by molar-refractivity contribution is 0.107. The average Bonchev–Trinajstić information content (AvgIpc) is 2.44.